The number of hydrogen-bond acceptors (Lipinski definition) is 6. The Balaban J connectivity index is 0.00000140. The maximum Gasteiger partial charge on any atom is 0.139 e. The van der Waals surface area contributed by atoms with Crippen LogP contribution in [0.5, 0.6) is 0 Å². The predicted molar refractivity (Wildman–Crippen MR) is 124 cm³/mol. The molecule has 28 heavy (non-hydrogen) atoms. The number of rotatable bonds is 3. The van der Waals surface area contributed by atoms with Crippen molar-refractivity contribution >= 4 is 70.0 Å². The number of anilines is 2. The molecule has 1 aromatic carbocycles. The van der Waals surface area contributed by atoms with Crippen LogP contribution in [0.25, 0.3) is 0 Å². The molecule has 0 radical (unpaired) electrons. The van der Waals surface area contributed by atoms with Gasteiger partial charge in [-0.25, -0.2) is 4.99 Å². The maximum absolute atomic E-state index is 6.22. The molecule has 9 heteroatoms. The average molecular weight is 464 g/mol. The average Bonchev–Trinajstić information content (AvgIpc) is 2.93. The van der Waals surface area contributed by atoms with E-state index in [4.69, 9.17) is 21.3 Å². The molecule has 2 aliphatic heterocycles. The van der Waals surface area contributed by atoms with E-state index in [0.29, 0.717) is 11.1 Å². The lowest BCUT2D eigenvalue weighted by atomic mass is 10.1. The van der Waals surface area contributed by atoms with Gasteiger partial charge in [0, 0.05) is 49.3 Å². The van der Waals surface area contributed by atoms with Crippen LogP contribution in [-0.2, 0) is 4.74 Å². The zero-order valence-electron chi connectivity index (χ0n) is 15.8. The first-order chi connectivity index (χ1) is 12.6. The smallest absolute Gasteiger partial charge is 0.139 e. The molecule has 0 aliphatic carbocycles. The van der Waals surface area contributed by atoms with E-state index in [1.807, 2.05) is 18.2 Å². The molecule has 1 aromatic heterocycles. The molecule has 1 atom stereocenters. The number of hydrogen-bond donors (Lipinski definition) is 2. The fourth-order valence-electron chi connectivity index (χ4n) is 3.49. The van der Waals surface area contributed by atoms with Crippen molar-refractivity contribution in [3.63, 3.8) is 0 Å². The number of nitrogens with zero attached hydrogens (tertiary/aromatic N) is 2. The number of aryl methyl sites for hydroxylation is 1. The van der Waals surface area contributed by atoms with E-state index in [9.17, 15) is 0 Å². The van der Waals surface area contributed by atoms with E-state index < -0.39 is 0 Å². The van der Waals surface area contributed by atoms with E-state index in [2.05, 4.69) is 28.5 Å². The van der Waals surface area contributed by atoms with E-state index in [1.54, 1.807) is 18.4 Å². The van der Waals surface area contributed by atoms with Crippen molar-refractivity contribution in [2.75, 3.05) is 38.7 Å². The normalized spacial score (nSPS) is 17.9. The molecule has 3 heterocycles. The van der Waals surface area contributed by atoms with Gasteiger partial charge in [-0.2, -0.15) is 0 Å². The summed E-state index contributed by atoms with van der Waals surface area (Å²) in [6.07, 6.45) is 0.996. The Morgan fingerprint density at radius 2 is 2.14 bits per heavy atom. The lowest BCUT2D eigenvalue weighted by Gasteiger charge is -2.35. The monoisotopic (exact) mass is 462 g/mol. The Labute approximate surface area is 187 Å². The minimum absolute atomic E-state index is 0. The van der Waals surface area contributed by atoms with Gasteiger partial charge in [0.1, 0.15) is 10.8 Å². The number of ether oxygens (including phenoxy) is 1. The van der Waals surface area contributed by atoms with Crippen molar-refractivity contribution in [2.45, 2.75) is 19.4 Å². The minimum atomic E-state index is 0. The van der Waals surface area contributed by atoms with Crippen LogP contribution < -0.4 is 10.6 Å². The summed E-state index contributed by atoms with van der Waals surface area (Å²) in [6.45, 7) is 5.71. The van der Waals surface area contributed by atoms with Gasteiger partial charge in [-0.1, -0.05) is 11.6 Å². The van der Waals surface area contributed by atoms with E-state index >= 15 is 0 Å². The fraction of sp³-hybridized carbons (Fsp3) is 0.421. The molecule has 2 aliphatic rings. The number of benzene rings is 1. The summed E-state index contributed by atoms with van der Waals surface area (Å²) in [7, 11) is 1.75. The van der Waals surface area contributed by atoms with Gasteiger partial charge in [-0.15, -0.1) is 36.2 Å². The Kier molecular flexibility index (Phi) is 8.43. The molecule has 0 bridgehead atoms. The number of halogens is 3. The van der Waals surface area contributed by atoms with E-state index in [-0.39, 0.29) is 24.8 Å². The van der Waals surface area contributed by atoms with E-state index in [1.165, 1.54) is 10.4 Å². The third-order valence-corrected chi connectivity index (χ3v) is 5.96. The molecular weight excluding hydrogens is 439 g/mol. The molecule has 0 saturated carbocycles. The topological polar surface area (TPSA) is 48.9 Å². The predicted octanol–water partition coefficient (Wildman–Crippen LogP) is 5.00. The molecule has 0 unspecified atom stereocenters. The fourth-order valence-corrected chi connectivity index (χ4v) is 4.57. The zero-order chi connectivity index (χ0) is 18.1. The quantitative estimate of drug-likeness (QED) is 0.672. The lowest BCUT2D eigenvalue weighted by molar-refractivity contribution is 0.168. The summed E-state index contributed by atoms with van der Waals surface area (Å²) in [4.78, 5) is 8.70. The van der Waals surface area contributed by atoms with Crippen LogP contribution in [0.3, 0.4) is 0 Å². The van der Waals surface area contributed by atoms with Gasteiger partial charge in [-0.05, 0) is 37.6 Å². The minimum Gasteiger partial charge on any atom is -0.385 e. The Hall–Kier alpha value is -1.02. The van der Waals surface area contributed by atoms with Crippen molar-refractivity contribution < 1.29 is 4.74 Å². The Morgan fingerprint density at radius 3 is 2.93 bits per heavy atom. The van der Waals surface area contributed by atoms with Gasteiger partial charge >= 0.3 is 0 Å². The molecule has 0 spiro atoms. The SMILES string of the molecule is COCC[C@H]1CN(C2=Nc3cc(Cl)ccc3Nc3sc(C)cc32)CCN1.Cl.Cl. The van der Waals surface area contributed by atoms with Crippen LogP contribution >= 0.6 is 47.8 Å². The van der Waals surface area contributed by atoms with Crippen LogP contribution in [0.4, 0.5) is 16.4 Å². The van der Waals surface area contributed by atoms with E-state index in [0.717, 1.165) is 54.9 Å². The first-order valence-electron chi connectivity index (χ1n) is 8.87. The highest BCUT2D eigenvalue weighted by Crippen LogP contribution is 2.40. The molecule has 0 amide bonds. The van der Waals surface area contributed by atoms with Crippen molar-refractivity contribution in [1.82, 2.24) is 10.2 Å². The summed E-state index contributed by atoms with van der Waals surface area (Å²) in [6, 6.07) is 8.47. The third kappa shape index (κ3) is 4.93. The number of methoxy groups -OCH3 is 1. The van der Waals surface area contributed by atoms with Crippen LogP contribution in [-0.4, -0.2) is 50.1 Å². The summed E-state index contributed by atoms with van der Waals surface area (Å²) >= 11 is 7.99. The first-order valence-corrected chi connectivity index (χ1v) is 10.1. The van der Waals surface area contributed by atoms with Crippen molar-refractivity contribution in [1.29, 1.82) is 0 Å². The number of aliphatic imine (C=N–C) groups is 1. The Bertz CT molecular complexity index is 843. The highest BCUT2D eigenvalue weighted by molar-refractivity contribution is 7.16. The number of piperazine rings is 1. The van der Waals surface area contributed by atoms with Gasteiger partial charge in [0.25, 0.3) is 0 Å². The first kappa shape index (κ1) is 23.3. The second kappa shape index (κ2) is 10.1. The van der Waals surface area contributed by atoms with Gasteiger partial charge in [0.15, 0.2) is 0 Å². The standard InChI is InChI=1S/C19H23ClN4OS.2ClH/c1-12-9-15-18(24-7-6-21-14(11-24)5-8-25-2)22-17-10-13(20)3-4-16(17)23-19(15)26-12;;/h3-4,9-10,14,21,23H,5-8,11H2,1-2H3;2*1H/t14-;;/m0../s1. The summed E-state index contributed by atoms with van der Waals surface area (Å²) < 4.78 is 5.25. The summed E-state index contributed by atoms with van der Waals surface area (Å²) in [5.41, 5.74) is 3.06. The second-order valence-electron chi connectivity index (χ2n) is 6.70. The highest BCUT2D eigenvalue weighted by atomic mass is 35.5. The zero-order valence-corrected chi connectivity index (χ0v) is 19.0. The number of thiophene rings is 1. The maximum atomic E-state index is 6.22. The number of nitrogens with one attached hydrogen (secondary N) is 2. The molecule has 1 saturated heterocycles. The van der Waals surface area contributed by atoms with Gasteiger partial charge < -0.3 is 20.3 Å². The molecule has 2 aromatic rings. The molecule has 154 valence electrons. The third-order valence-electron chi connectivity index (χ3n) is 4.76. The van der Waals surface area contributed by atoms with Crippen LogP contribution in [0.15, 0.2) is 29.3 Å². The molecule has 1 fully saturated rings. The molecule has 4 rings (SSSR count). The summed E-state index contributed by atoms with van der Waals surface area (Å²) in [5.74, 6) is 1.03. The molecular formula is C19H25Cl3N4OS. The second-order valence-corrected chi connectivity index (χ2v) is 8.39. The highest BCUT2D eigenvalue weighted by Gasteiger charge is 2.27. The number of amidine groups is 1. The van der Waals surface area contributed by atoms with Crippen LogP contribution in [0.2, 0.25) is 5.02 Å². The number of fused-ring (bicyclic) bond motifs is 2. The van der Waals surface area contributed by atoms with Crippen molar-refractivity contribution in [3.8, 4) is 0 Å². The molecule has 2 N–H and O–H groups in total. The van der Waals surface area contributed by atoms with Gasteiger partial charge in [0.05, 0.1) is 16.9 Å². The Morgan fingerprint density at radius 1 is 1.32 bits per heavy atom. The van der Waals surface area contributed by atoms with Crippen LogP contribution in [0, 0.1) is 6.92 Å². The van der Waals surface area contributed by atoms with Crippen molar-refractivity contribution in [3.05, 3.63) is 39.7 Å². The largest absolute Gasteiger partial charge is 0.385 e. The lowest BCUT2D eigenvalue weighted by Crippen LogP contribution is -2.53. The summed E-state index contributed by atoms with van der Waals surface area (Å²) in [5, 5.41) is 8.98. The van der Waals surface area contributed by atoms with Gasteiger partial charge in [0.2, 0.25) is 0 Å². The molecule has 5 nitrogen and oxygen atoms in total. The van der Waals surface area contributed by atoms with Gasteiger partial charge in [-0.3, -0.25) is 0 Å². The van der Waals surface area contributed by atoms with Crippen molar-refractivity contribution in [2.24, 2.45) is 4.99 Å². The van der Waals surface area contributed by atoms with Crippen LogP contribution in [0.1, 0.15) is 16.9 Å².